The van der Waals surface area contributed by atoms with Gasteiger partial charge in [-0.1, -0.05) is 72.8 Å². The van der Waals surface area contributed by atoms with Crippen molar-refractivity contribution in [1.29, 1.82) is 0 Å². The fourth-order valence-corrected chi connectivity index (χ4v) is 13.8. The van der Waals surface area contributed by atoms with Crippen molar-refractivity contribution in [2.75, 3.05) is 16.0 Å². The number of nitrogens with two attached hydrogens (primary N) is 1. The first-order valence-electron chi connectivity index (χ1n) is 36.2. The normalized spacial score (nSPS) is 12.4. The van der Waals surface area contributed by atoms with Crippen LogP contribution in [0.2, 0.25) is 0 Å². The number of aromatic nitrogens is 20. The summed E-state index contributed by atoms with van der Waals surface area (Å²) in [6, 6.07) is 44.0. The first-order valence-corrected chi connectivity index (χ1v) is 36.2. The van der Waals surface area contributed by atoms with E-state index in [9.17, 15) is 36.7 Å². The van der Waals surface area contributed by atoms with Gasteiger partial charge in [-0.05, 0) is 175 Å². The van der Waals surface area contributed by atoms with E-state index >= 15 is 0 Å². The number of H-pyrrole nitrogens is 3. The molecule has 115 heavy (non-hydrogen) atoms. The maximum Gasteiger partial charge on any atom is 0.266 e. The molecule has 0 saturated carbocycles. The summed E-state index contributed by atoms with van der Waals surface area (Å²) in [5, 5.41) is 9.88. The zero-order valence-electron chi connectivity index (χ0n) is 62.8. The van der Waals surface area contributed by atoms with Gasteiger partial charge in [-0.3, -0.25) is 36.8 Å². The number of hydrogen-bond donors (Lipinski definition) is 7. The second kappa shape index (κ2) is 31.8. The molecule has 0 spiro atoms. The maximum absolute atomic E-state index is 14.0. The van der Waals surface area contributed by atoms with Gasteiger partial charge >= 0.3 is 0 Å². The first-order chi connectivity index (χ1) is 55.6. The van der Waals surface area contributed by atoms with Gasteiger partial charge in [-0.25, -0.2) is 82.4 Å². The number of benzene rings is 4. The van der Waals surface area contributed by atoms with Crippen LogP contribution in [0.4, 0.5) is 35.0 Å². The summed E-state index contributed by atoms with van der Waals surface area (Å²) in [5.41, 5.74) is 18.8. The molecule has 2 unspecified atom stereocenters. The second-order valence-corrected chi connectivity index (χ2v) is 27.1. The Morgan fingerprint density at radius 1 is 0.330 bits per heavy atom. The van der Waals surface area contributed by atoms with Crippen LogP contribution in [0.5, 0.6) is 0 Å². The minimum Gasteiger partial charge on any atom is -0.360 e. The minimum absolute atomic E-state index is 0.235. The summed E-state index contributed by atoms with van der Waals surface area (Å²) < 4.78 is 61.7. The lowest BCUT2D eigenvalue weighted by Crippen LogP contribution is -2.24. The van der Waals surface area contributed by atoms with Crippen LogP contribution in [0.3, 0.4) is 0 Å². The van der Waals surface area contributed by atoms with E-state index in [0.29, 0.717) is 141 Å². The molecule has 32 heteroatoms. The highest BCUT2D eigenvalue weighted by Gasteiger charge is 2.27. The third kappa shape index (κ3) is 15.0. The number of aromatic amines is 3. The van der Waals surface area contributed by atoms with E-state index in [1.54, 1.807) is 79.7 Å². The molecule has 0 aliphatic rings. The van der Waals surface area contributed by atoms with Gasteiger partial charge in [0.1, 0.15) is 81.4 Å². The topological polar surface area (TPSA) is 363 Å². The van der Waals surface area contributed by atoms with Crippen LogP contribution in [0, 0.1) is 51.0 Å². The Morgan fingerprint density at radius 3 is 0.826 bits per heavy atom. The minimum atomic E-state index is -0.434. The van der Waals surface area contributed by atoms with Gasteiger partial charge < -0.3 is 36.6 Å². The van der Waals surface area contributed by atoms with Crippen molar-refractivity contribution < 1.29 is 17.6 Å². The van der Waals surface area contributed by atoms with E-state index in [-0.39, 0.29) is 22.2 Å². The van der Waals surface area contributed by atoms with E-state index in [2.05, 4.69) is 80.7 Å². The standard InChI is InChI=1S/3C22H18FN7O.C17H16FN3O/c3*1-12-5-3-8-16-29-18(13(2)28-21-19-20(25-10-24-19)26-11-27-21)17(22(31)30(12)16)14-6-4-7-15(23)9-14;1-10-5-3-8-14-20-16(11(2)19)15(17(22)21(10)14)12-6-4-7-13(18)9-12/h3*3-11,13H,1-2H3,(H2,24,25,26,27,28);3-9,11H,19H2,1-2H3/t2*13-;;/m10../s1. The van der Waals surface area contributed by atoms with Gasteiger partial charge in [-0.2, -0.15) is 0 Å². The smallest absolute Gasteiger partial charge is 0.266 e. The molecular formula is C83H70F4N24O4. The third-order valence-corrected chi connectivity index (χ3v) is 19.1. The lowest BCUT2D eigenvalue weighted by Gasteiger charge is -2.19. The van der Waals surface area contributed by atoms with Crippen molar-refractivity contribution in [3.8, 4) is 44.5 Å². The van der Waals surface area contributed by atoms with E-state index in [1.165, 1.54) is 104 Å². The number of imidazole rings is 3. The van der Waals surface area contributed by atoms with Crippen LogP contribution in [0.15, 0.2) is 227 Å². The molecule has 14 aromatic heterocycles. The first kappa shape index (κ1) is 75.5. The summed E-state index contributed by atoms with van der Waals surface area (Å²) in [5.74, 6) is -0.0679. The number of anilines is 3. The number of nitrogens with zero attached hydrogens (tertiary/aromatic N) is 17. The number of fused-ring (bicyclic) bond motifs is 7. The second-order valence-electron chi connectivity index (χ2n) is 27.1. The van der Waals surface area contributed by atoms with Crippen LogP contribution >= 0.6 is 0 Å². The number of hydrogen-bond acceptors (Lipinski definition) is 21. The Labute approximate surface area is 649 Å². The van der Waals surface area contributed by atoms with Crippen LogP contribution in [0.25, 0.3) is 101 Å². The predicted octanol–water partition coefficient (Wildman–Crippen LogP) is 13.8. The van der Waals surface area contributed by atoms with E-state index < -0.39 is 47.4 Å². The number of halogens is 4. The van der Waals surface area contributed by atoms with Gasteiger partial charge in [0.2, 0.25) is 0 Å². The van der Waals surface area contributed by atoms with Crippen molar-refractivity contribution >= 4 is 73.5 Å². The molecule has 4 atom stereocenters. The van der Waals surface area contributed by atoms with Gasteiger partial charge in [0.25, 0.3) is 22.2 Å². The molecule has 14 heterocycles. The highest BCUT2D eigenvalue weighted by atomic mass is 19.1. The molecule has 0 fully saturated rings. The molecule has 0 aliphatic carbocycles. The number of pyridine rings is 4. The highest BCUT2D eigenvalue weighted by Crippen LogP contribution is 2.34. The summed E-state index contributed by atoms with van der Waals surface area (Å²) in [6.07, 6.45) is 8.86. The van der Waals surface area contributed by atoms with Crippen LogP contribution in [-0.4, -0.2) is 97.3 Å². The fraction of sp³-hybridized carbons (Fsp3) is 0.145. The summed E-state index contributed by atoms with van der Waals surface area (Å²) >= 11 is 0. The Morgan fingerprint density at radius 2 is 0.574 bits per heavy atom. The van der Waals surface area contributed by atoms with Crippen molar-refractivity contribution in [2.45, 2.75) is 79.6 Å². The Bertz CT molecular complexity index is 6500. The Kier molecular flexibility index (Phi) is 20.9. The molecular weight excluding hydrogens is 1470 g/mol. The van der Waals surface area contributed by atoms with E-state index in [1.807, 2.05) is 97.0 Å². The molecule has 0 aliphatic heterocycles. The molecule has 0 bridgehead atoms. The maximum atomic E-state index is 14.0. The quantitative estimate of drug-likeness (QED) is 0.0497. The average molecular weight is 1540 g/mol. The van der Waals surface area contributed by atoms with Crippen LogP contribution in [0.1, 0.15) is 97.4 Å². The monoisotopic (exact) mass is 1540 g/mol. The van der Waals surface area contributed by atoms with Crippen molar-refractivity contribution in [2.24, 2.45) is 5.73 Å². The number of nitrogens with one attached hydrogen (secondary N) is 6. The number of aryl methyl sites for hydroxylation is 4. The fourth-order valence-electron chi connectivity index (χ4n) is 13.8. The van der Waals surface area contributed by atoms with E-state index in [0.717, 1.165) is 22.8 Å². The lowest BCUT2D eigenvalue weighted by atomic mass is 10.0. The SMILES string of the molecule is Cc1cccc2nc(C(C)N)c(-c3cccc(F)c3)c(=O)n12.Cc1cccc2nc(C(C)Nc3ncnc4nc[nH]c34)c(-c3cccc(F)c3)c(=O)n12.Cc1cccc2nc([C@@H](C)Nc3ncnc4nc[nH]c34)c(-c3cccc(F)c3)c(=O)n12.Cc1cccc2nc([C@H](C)Nc3ncnc4nc[nH]c34)c(-c3cccc(F)c3)c(=O)n12. The molecule has 18 aromatic rings. The molecule has 18 rings (SSSR count). The van der Waals surface area contributed by atoms with Crippen molar-refractivity contribution in [1.82, 2.24) is 97.3 Å². The summed E-state index contributed by atoms with van der Waals surface area (Å²) in [6.45, 7) is 14.7. The summed E-state index contributed by atoms with van der Waals surface area (Å²) in [4.78, 5) is 119. The lowest BCUT2D eigenvalue weighted by molar-refractivity contribution is 0.627. The molecule has 0 amide bonds. The van der Waals surface area contributed by atoms with Gasteiger partial charge in [0.15, 0.2) is 34.4 Å². The molecule has 0 saturated heterocycles. The molecule has 574 valence electrons. The van der Waals surface area contributed by atoms with Crippen molar-refractivity contribution in [3.63, 3.8) is 0 Å². The van der Waals surface area contributed by atoms with Crippen LogP contribution in [-0.2, 0) is 0 Å². The van der Waals surface area contributed by atoms with Crippen LogP contribution < -0.4 is 43.9 Å². The summed E-state index contributed by atoms with van der Waals surface area (Å²) in [7, 11) is 0. The van der Waals surface area contributed by atoms with Gasteiger partial charge in [0, 0.05) is 28.8 Å². The predicted molar refractivity (Wildman–Crippen MR) is 430 cm³/mol. The average Bonchev–Trinajstić information content (AvgIpc) is 1.50. The molecule has 8 N–H and O–H groups in total. The zero-order chi connectivity index (χ0) is 80.5. The highest BCUT2D eigenvalue weighted by molar-refractivity contribution is 5.85. The van der Waals surface area contributed by atoms with Gasteiger partial charge in [0.05, 0.1) is 82.1 Å². The van der Waals surface area contributed by atoms with E-state index in [4.69, 9.17) is 20.7 Å². The Balaban J connectivity index is 0.000000122. The Hall–Kier alpha value is -15.0. The third-order valence-electron chi connectivity index (χ3n) is 19.1. The van der Waals surface area contributed by atoms with Gasteiger partial charge in [-0.15, -0.1) is 0 Å². The van der Waals surface area contributed by atoms with Crippen molar-refractivity contribution in [3.05, 3.63) is 318 Å². The number of rotatable bonds is 14. The molecule has 28 nitrogen and oxygen atoms in total. The molecule has 4 aromatic carbocycles. The zero-order valence-corrected chi connectivity index (χ0v) is 62.8. The molecule has 0 radical (unpaired) electrons. The largest absolute Gasteiger partial charge is 0.360 e.